The van der Waals surface area contributed by atoms with E-state index >= 15 is 0 Å². The Bertz CT molecular complexity index is 613. The van der Waals surface area contributed by atoms with Crippen LogP contribution in [0.5, 0.6) is 0 Å². The lowest BCUT2D eigenvalue weighted by Crippen LogP contribution is -2.49. The molecule has 0 radical (unpaired) electrons. The fraction of sp³-hybridized carbons (Fsp3) is 0.455. The Kier molecular flexibility index (Phi) is 4.96. The zero-order chi connectivity index (χ0) is 16.2. The second kappa shape index (κ2) is 7.50. The van der Waals surface area contributed by atoms with Gasteiger partial charge in [-0.25, -0.2) is 0 Å². The molecule has 0 bridgehead atoms. The summed E-state index contributed by atoms with van der Waals surface area (Å²) in [6.07, 6.45) is 4.23. The van der Waals surface area contributed by atoms with E-state index in [0.717, 1.165) is 12.5 Å². The Labute approximate surface area is 146 Å². The fourth-order valence-corrected chi connectivity index (χ4v) is 4.23. The van der Waals surface area contributed by atoms with Crippen molar-refractivity contribution in [1.29, 1.82) is 0 Å². The zero-order valence-corrected chi connectivity index (χ0v) is 14.5. The smallest absolute Gasteiger partial charge is 0.0377 e. The number of hydrogen-bond donors (Lipinski definition) is 0. The predicted molar refractivity (Wildman–Crippen MR) is 99.8 cm³/mol. The van der Waals surface area contributed by atoms with Crippen molar-refractivity contribution >= 4 is 0 Å². The third-order valence-corrected chi connectivity index (χ3v) is 5.79. The minimum Gasteiger partial charge on any atom is -0.297 e. The van der Waals surface area contributed by atoms with Gasteiger partial charge in [-0.15, -0.1) is 0 Å². The molecule has 2 aromatic rings. The van der Waals surface area contributed by atoms with Crippen LogP contribution in [0.3, 0.4) is 0 Å². The minimum absolute atomic E-state index is 0.638. The Morgan fingerprint density at radius 3 is 2.00 bits per heavy atom. The third kappa shape index (κ3) is 3.55. The molecule has 1 heterocycles. The van der Waals surface area contributed by atoms with Gasteiger partial charge in [0, 0.05) is 38.8 Å². The number of rotatable bonds is 5. The molecule has 0 amide bonds. The molecule has 0 spiro atoms. The topological polar surface area (TPSA) is 6.48 Å². The molecule has 4 rings (SSSR count). The quantitative estimate of drug-likeness (QED) is 0.808. The monoisotopic (exact) mass is 320 g/mol. The van der Waals surface area contributed by atoms with Crippen LogP contribution >= 0.6 is 0 Å². The van der Waals surface area contributed by atoms with Gasteiger partial charge in [-0.1, -0.05) is 67.1 Å². The van der Waals surface area contributed by atoms with Crippen LogP contribution in [0.4, 0.5) is 0 Å². The van der Waals surface area contributed by atoms with Gasteiger partial charge in [0.05, 0.1) is 0 Å². The van der Waals surface area contributed by atoms with Crippen molar-refractivity contribution in [2.45, 2.75) is 31.8 Å². The van der Waals surface area contributed by atoms with Gasteiger partial charge in [0.1, 0.15) is 0 Å². The average Bonchev–Trinajstić information content (AvgIpc) is 2.60. The summed E-state index contributed by atoms with van der Waals surface area (Å²) in [6, 6.07) is 22.7. The van der Waals surface area contributed by atoms with Gasteiger partial charge in [0.2, 0.25) is 0 Å². The number of benzene rings is 2. The Morgan fingerprint density at radius 2 is 1.42 bits per heavy atom. The van der Waals surface area contributed by atoms with Crippen LogP contribution in [0.25, 0.3) is 0 Å². The molecule has 1 saturated heterocycles. The van der Waals surface area contributed by atoms with Crippen molar-refractivity contribution in [1.82, 2.24) is 9.80 Å². The first-order valence-corrected chi connectivity index (χ1v) is 9.45. The summed E-state index contributed by atoms with van der Waals surface area (Å²) in [4.78, 5) is 5.36. The molecule has 1 aliphatic carbocycles. The lowest BCUT2D eigenvalue weighted by atomic mass is 9.76. The third-order valence-electron chi connectivity index (χ3n) is 5.79. The van der Waals surface area contributed by atoms with Crippen molar-refractivity contribution < 1.29 is 0 Å². The highest BCUT2D eigenvalue weighted by Gasteiger charge is 2.34. The molecule has 1 atom stereocenters. The van der Waals surface area contributed by atoms with E-state index < -0.39 is 0 Å². The first-order valence-electron chi connectivity index (χ1n) is 9.45. The largest absolute Gasteiger partial charge is 0.297 e. The summed E-state index contributed by atoms with van der Waals surface area (Å²) in [6.45, 7) is 5.86. The molecular weight excluding hydrogens is 292 g/mol. The highest BCUT2D eigenvalue weighted by atomic mass is 15.3. The van der Waals surface area contributed by atoms with Gasteiger partial charge in [-0.2, -0.15) is 0 Å². The minimum atomic E-state index is 0.638. The van der Waals surface area contributed by atoms with Crippen LogP contribution in [-0.2, 0) is 6.54 Å². The van der Waals surface area contributed by atoms with Crippen molar-refractivity contribution in [2.75, 3.05) is 26.2 Å². The molecule has 24 heavy (non-hydrogen) atoms. The summed E-state index contributed by atoms with van der Waals surface area (Å²) in [7, 11) is 0. The van der Waals surface area contributed by atoms with E-state index in [1.165, 1.54) is 56.6 Å². The molecule has 1 aliphatic heterocycles. The SMILES string of the molecule is c1ccc(CN2CCN(C(c3ccccc3)C3CCC3)CC2)cc1. The average molecular weight is 320 g/mol. The van der Waals surface area contributed by atoms with E-state index in [-0.39, 0.29) is 0 Å². The molecule has 0 N–H and O–H groups in total. The molecule has 126 valence electrons. The van der Waals surface area contributed by atoms with E-state index in [0.29, 0.717) is 6.04 Å². The zero-order valence-electron chi connectivity index (χ0n) is 14.5. The van der Waals surface area contributed by atoms with Crippen molar-refractivity contribution in [3.8, 4) is 0 Å². The van der Waals surface area contributed by atoms with E-state index in [2.05, 4.69) is 70.5 Å². The van der Waals surface area contributed by atoms with E-state index in [1.54, 1.807) is 0 Å². The van der Waals surface area contributed by atoms with Crippen LogP contribution < -0.4 is 0 Å². The molecule has 1 saturated carbocycles. The van der Waals surface area contributed by atoms with Crippen molar-refractivity contribution in [2.24, 2.45) is 5.92 Å². The number of hydrogen-bond acceptors (Lipinski definition) is 2. The molecule has 2 aromatic carbocycles. The van der Waals surface area contributed by atoms with Crippen molar-refractivity contribution in [3.63, 3.8) is 0 Å². The van der Waals surface area contributed by atoms with Crippen LogP contribution in [0.15, 0.2) is 60.7 Å². The summed E-state index contributed by atoms with van der Waals surface area (Å²) in [5, 5.41) is 0. The second-order valence-corrected chi connectivity index (χ2v) is 7.34. The molecular formula is C22H28N2. The Hall–Kier alpha value is -1.64. The number of piperazine rings is 1. The normalized spacial score (nSPS) is 21.3. The van der Waals surface area contributed by atoms with Crippen LogP contribution in [-0.4, -0.2) is 36.0 Å². The lowest BCUT2D eigenvalue weighted by Gasteiger charge is -2.45. The van der Waals surface area contributed by atoms with Crippen LogP contribution in [0.1, 0.15) is 36.4 Å². The second-order valence-electron chi connectivity index (χ2n) is 7.34. The van der Waals surface area contributed by atoms with E-state index in [9.17, 15) is 0 Å². The Balaban J connectivity index is 1.40. The highest BCUT2D eigenvalue weighted by molar-refractivity contribution is 5.21. The molecule has 2 heteroatoms. The van der Waals surface area contributed by atoms with E-state index in [4.69, 9.17) is 0 Å². The maximum Gasteiger partial charge on any atom is 0.0377 e. The van der Waals surface area contributed by atoms with Gasteiger partial charge in [0.25, 0.3) is 0 Å². The molecule has 2 nitrogen and oxygen atoms in total. The van der Waals surface area contributed by atoms with Gasteiger partial charge < -0.3 is 0 Å². The highest BCUT2D eigenvalue weighted by Crippen LogP contribution is 2.41. The lowest BCUT2D eigenvalue weighted by molar-refractivity contribution is 0.0427. The standard InChI is InChI=1S/C22H28N2/c1-3-8-19(9-4-1)18-23-14-16-24(17-15-23)22(21-12-7-13-21)20-10-5-2-6-11-20/h1-6,8-11,21-22H,7,12-18H2. The summed E-state index contributed by atoms with van der Waals surface area (Å²) in [5.41, 5.74) is 2.96. The van der Waals surface area contributed by atoms with E-state index in [1.807, 2.05) is 0 Å². The maximum absolute atomic E-state index is 2.75. The first-order chi connectivity index (χ1) is 11.9. The molecule has 2 fully saturated rings. The summed E-state index contributed by atoms with van der Waals surface area (Å²) >= 11 is 0. The first kappa shape index (κ1) is 15.9. The van der Waals surface area contributed by atoms with Crippen LogP contribution in [0, 0.1) is 5.92 Å². The molecule has 0 aromatic heterocycles. The summed E-state index contributed by atoms with van der Waals surface area (Å²) in [5.74, 6) is 0.869. The maximum atomic E-state index is 2.75. The number of nitrogens with zero attached hydrogens (tertiary/aromatic N) is 2. The van der Waals surface area contributed by atoms with Gasteiger partial charge in [-0.3, -0.25) is 9.80 Å². The molecule has 1 unspecified atom stereocenters. The summed E-state index contributed by atoms with van der Waals surface area (Å²) < 4.78 is 0. The van der Waals surface area contributed by atoms with Crippen molar-refractivity contribution in [3.05, 3.63) is 71.8 Å². The van der Waals surface area contributed by atoms with Gasteiger partial charge in [-0.05, 0) is 29.9 Å². The predicted octanol–water partition coefficient (Wildman–Crippen LogP) is 4.35. The molecule has 2 aliphatic rings. The van der Waals surface area contributed by atoms with Crippen LogP contribution in [0.2, 0.25) is 0 Å². The fourth-order valence-electron chi connectivity index (χ4n) is 4.23. The Morgan fingerprint density at radius 1 is 0.792 bits per heavy atom. The van der Waals surface area contributed by atoms with Gasteiger partial charge >= 0.3 is 0 Å². The van der Waals surface area contributed by atoms with Gasteiger partial charge in [0.15, 0.2) is 0 Å².